The van der Waals surface area contributed by atoms with Crippen molar-refractivity contribution in [2.45, 2.75) is 58.3 Å². The highest BCUT2D eigenvalue weighted by molar-refractivity contribution is 5.69. The average Bonchev–Trinajstić information content (AvgIpc) is 2.44. The lowest BCUT2D eigenvalue weighted by atomic mass is 10.1. The molecule has 0 bridgehead atoms. The molecule has 0 N–H and O–H groups in total. The standard InChI is InChI=1S/C17H26O2/c1-2-3-4-10-15-19-17(18)14-9-8-13-16-11-6-5-7-12-16/h5-7,11-12H,2-4,8-10,13-15H2,1H3. The minimum atomic E-state index is -0.0374. The molecule has 0 saturated carbocycles. The Hall–Kier alpha value is -1.31. The van der Waals surface area contributed by atoms with Crippen LogP contribution in [0.25, 0.3) is 0 Å². The Kier molecular flexibility index (Phi) is 8.78. The second-order valence-corrected chi connectivity index (χ2v) is 4.97. The predicted molar refractivity (Wildman–Crippen MR) is 79.1 cm³/mol. The molecule has 0 fully saturated rings. The van der Waals surface area contributed by atoms with Crippen LogP contribution in [-0.2, 0) is 16.0 Å². The normalized spacial score (nSPS) is 10.4. The number of unbranched alkanes of at least 4 members (excludes halogenated alkanes) is 4. The zero-order chi connectivity index (χ0) is 13.8. The molecule has 0 unspecified atom stereocenters. The van der Waals surface area contributed by atoms with Gasteiger partial charge >= 0.3 is 5.97 Å². The molecule has 0 aromatic heterocycles. The highest BCUT2D eigenvalue weighted by Crippen LogP contribution is 2.07. The summed E-state index contributed by atoms with van der Waals surface area (Å²) in [6.07, 6.45) is 8.19. The van der Waals surface area contributed by atoms with Crippen molar-refractivity contribution in [3.05, 3.63) is 35.9 Å². The first-order valence-electron chi connectivity index (χ1n) is 7.52. The van der Waals surface area contributed by atoms with Crippen LogP contribution in [0.2, 0.25) is 0 Å². The molecule has 106 valence electrons. The number of esters is 1. The topological polar surface area (TPSA) is 26.3 Å². The summed E-state index contributed by atoms with van der Waals surface area (Å²) >= 11 is 0. The first-order chi connectivity index (χ1) is 9.33. The van der Waals surface area contributed by atoms with Gasteiger partial charge in [-0.25, -0.2) is 0 Å². The zero-order valence-corrected chi connectivity index (χ0v) is 12.1. The van der Waals surface area contributed by atoms with Crippen molar-refractivity contribution >= 4 is 5.97 Å². The number of hydrogen-bond acceptors (Lipinski definition) is 2. The van der Waals surface area contributed by atoms with Gasteiger partial charge < -0.3 is 4.74 Å². The van der Waals surface area contributed by atoms with E-state index in [2.05, 4.69) is 31.2 Å². The maximum atomic E-state index is 11.5. The van der Waals surface area contributed by atoms with E-state index in [1.54, 1.807) is 0 Å². The molecule has 1 rings (SSSR count). The van der Waals surface area contributed by atoms with Crippen molar-refractivity contribution in [3.63, 3.8) is 0 Å². The molecule has 0 amide bonds. The van der Waals surface area contributed by atoms with Gasteiger partial charge in [0.25, 0.3) is 0 Å². The van der Waals surface area contributed by atoms with E-state index in [4.69, 9.17) is 4.74 Å². The molecule has 19 heavy (non-hydrogen) atoms. The van der Waals surface area contributed by atoms with Crippen molar-refractivity contribution in [2.24, 2.45) is 0 Å². The molecule has 2 nitrogen and oxygen atoms in total. The van der Waals surface area contributed by atoms with E-state index in [0.29, 0.717) is 13.0 Å². The lowest BCUT2D eigenvalue weighted by molar-refractivity contribution is -0.143. The molecule has 2 heteroatoms. The van der Waals surface area contributed by atoms with Crippen LogP contribution in [-0.4, -0.2) is 12.6 Å². The van der Waals surface area contributed by atoms with Crippen molar-refractivity contribution < 1.29 is 9.53 Å². The summed E-state index contributed by atoms with van der Waals surface area (Å²) in [6, 6.07) is 10.4. The Morgan fingerprint density at radius 2 is 1.79 bits per heavy atom. The molecule has 0 heterocycles. The zero-order valence-electron chi connectivity index (χ0n) is 12.1. The summed E-state index contributed by atoms with van der Waals surface area (Å²) in [6.45, 7) is 2.77. The molecule has 0 aliphatic rings. The second kappa shape index (κ2) is 10.6. The van der Waals surface area contributed by atoms with E-state index in [1.165, 1.54) is 18.4 Å². The fourth-order valence-corrected chi connectivity index (χ4v) is 2.03. The summed E-state index contributed by atoms with van der Waals surface area (Å²) < 4.78 is 5.20. The Labute approximate surface area is 117 Å². The number of aryl methyl sites for hydroxylation is 1. The number of hydrogen-bond donors (Lipinski definition) is 0. The lowest BCUT2D eigenvalue weighted by Gasteiger charge is -2.04. The van der Waals surface area contributed by atoms with E-state index >= 15 is 0 Å². The minimum absolute atomic E-state index is 0.0374. The van der Waals surface area contributed by atoms with Crippen molar-refractivity contribution in [1.82, 2.24) is 0 Å². The fourth-order valence-electron chi connectivity index (χ4n) is 2.03. The van der Waals surface area contributed by atoms with Crippen LogP contribution in [0.4, 0.5) is 0 Å². The Morgan fingerprint density at radius 3 is 2.53 bits per heavy atom. The third kappa shape index (κ3) is 8.41. The SMILES string of the molecule is CCCCCCOC(=O)CCCCc1ccccc1. The van der Waals surface area contributed by atoms with Gasteiger partial charge in [-0.05, 0) is 31.2 Å². The molecular weight excluding hydrogens is 236 g/mol. The van der Waals surface area contributed by atoms with Crippen LogP contribution >= 0.6 is 0 Å². The summed E-state index contributed by atoms with van der Waals surface area (Å²) in [5.74, 6) is -0.0374. The van der Waals surface area contributed by atoms with Gasteiger partial charge in [-0.15, -0.1) is 0 Å². The first-order valence-corrected chi connectivity index (χ1v) is 7.52. The van der Waals surface area contributed by atoms with Gasteiger partial charge in [-0.3, -0.25) is 4.79 Å². The summed E-state index contributed by atoms with van der Waals surface area (Å²) in [4.78, 5) is 11.5. The van der Waals surface area contributed by atoms with E-state index in [1.807, 2.05) is 6.07 Å². The van der Waals surface area contributed by atoms with Crippen LogP contribution in [0.15, 0.2) is 30.3 Å². The lowest BCUT2D eigenvalue weighted by Crippen LogP contribution is -2.05. The second-order valence-electron chi connectivity index (χ2n) is 4.97. The predicted octanol–water partition coefficient (Wildman–Crippen LogP) is 4.52. The van der Waals surface area contributed by atoms with Crippen LogP contribution in [0, 0.1) is 0 Å². The molecule has 0 atom stereocenters. The van der Waals surface area contributed by atoms with Crippen molar-refractivity contribution in [3.8, 4) is 0 Å². The monoisotopic (exact) mass is 262 g/mol. The number of carbonyl (C=O) groups is 1. The Bertz CT molecular complexity index is 332. The van der Waals surface area contributed by atoms with Crippen LogP contribution in [0.5, 0.6) is 0 Å². The van der Waals surface area contributed by atoms with Gasteiger partial charge in [0, 0.05) is 6.42 Å². The molecule has 1 aromatic rings. The van der Waals surface area contributed by atoms with Crippen LogP contribution in [0.1, 0.15) is 57.4 Å². The maximum Gasteiger partial charge on any atom is 0.305 e. The minimum Gasteiger partial charge on any atom is -0.466 e. The molecule has 0 radical (unpaired) electrons. The first kappa shape index (κ1) is 15.7. The molecule has 0 aliphatic heterocycles. The quantitative estimate of drug-likeness (QED) is 0.457. The van der Waals surface area contributed by atoms with Gasteiger partial charge in [0.2, 0.25) is 0 Å². The molecule has 0 spiro atoms. The van der Waals surface area contributed by atoms with E-state index in [9.17, 15) is 4.79 Å². The summed E-state index contributed by atoms with van der Waals surface area (Å²) in [5, 5.41) is 0. The number of ether oxygens (including phenoxy) is 1. The molecular formula is C17H26O2. The smallest absolute Gasteiger partial charge is 0.305 e. The Morgan fingerprint density at radius 1 is 1.00 bits per heavy atom. The molecule has 0 aliphatic carbocycles. The third-order valence-corrected chi connectivity index (χ3v) is 3.20. The van der Waals surface area contributed by atoms with Gasteiger partial charge in [0.15, 0.2) is 0 Å². The largest absolute Gasteiger partial charge is 0.466 e. The number of benzene rings is 1. The average molecular weight is 262 g/mol. The van der Waals surface area contributed by atoms with Gasteiger partial charge in [-0.1, -0.05) is 56.5 Å². The highest BCUT2D eigenvalue weighted by Gasteiger charge is 2.02. The molecule has 0 saturated heterocycles. The molecule has 1 aromatic carbocycles. The van der Waals surface area contributed by atoms with Gasteiger partial charge in [-0.2, -0.15) is 0 Å². The van der Waals surface area contributed by atoms with Gasteiger partial charge in [0.1, 0.15) is 0 Å². The van der Waals surface area contributed by atoms with Crippen molar-refractivity contribution in [2.75, 3.05) is 6.61 Å². The fraction of sp³-hybridized carbons (Fsp3) is 0.588. The van der Waals surface area contributed by atoms with Crippen LogP contribution in [0.3, 0.4) is 0 Å². The summed E-state index contributed by atoms with van der Waals surface area (Å²) in [7, 11) is 0. The Balaban J connectivity index is 1.95. The van der Waals surface area contributed by atoms with Gasteiger partial charge in [0.05, 0.1) is 6.61 Å². The number of rotatable bonds is 10. The summed E-state index contributed by atoms with van der Waals surface area (Å²) in [5.41, 5.74) is 1.34. The van der Waals surface area contributed by atoms with E-state index in [0.717, 1.165) is 32.1 Å². The number of carbonyl (C=O) groups excluding carboxylic acids is 1. The van der Waals surface area contributed by atoms with E-state index in [-0.39, 0.29) is 5.97 Å². The maximum absolute atomic E-state index is 11.5. The van der Waals surface area contributed by atoms with Crippen LogP contribution < -0.4 is 0 Å². The van der Waals surface area contributed by atoms with E-state index < -0.39 is 0 Å². The van der Waals surface area contributed by atoms with Crippen molar-refractivity contribution in [1.29, 1.82) is 0 Å². The third-order valence-electron chi connectivity index (χ3n) is 3.20. The highest BCUT2D eigenvalue weighted by atomic mass is 16.5.